The van der Waals surface area contributed by atoms with Gasteiger partial charge in [0.1, 0.15) is 5.78 Å². The second kappa shape index (κ2) is 12.2. The smallest absolute Gasteiger partial charge is 0.303 e. The van der Waals surface area contributed by atoms with Crippen LogP contribution in [0.3, 0.4) is 0 Å². The molecule has 0 aliphatic heterocycles. The molecule has 4 nitrogen and oxygen atoms in total. The highest BCUT2D eigenvalue weighted by Crippen LogP contribution is 2.35. The molecule has 2 N–H and O–H groups in total. The van der Waals surface area contributed by atoms with Crippen molar-refractivity contribution in [3.63, 3.8) is 0 Å². The molecule has 0 aromatic carbocycles. The van der Waals surface area contributed by atoms with Crippen molar-refractivity contribution in [3.8, 4) is 0 Å². The Labute approximate surface area is 146 Å². The van der Waals surface area contributed by atoms with E-state index in [0.717, 1.165) is 44.9 Å². The first-order valence-corrected chi connectivity index (χ1v) is 9.65. The molecule has 1 fully saturated rings. The van der Waals surface area contributed by atoms with Gasteiger partial charge >= 0.3 is 5.97 Å². The van der Waals surface area contributed by atoms with Crippen LogP contribution in [-0.4, -0.2) is 28.1 Å². The number of aliphatic hydroxyl groups is 1. The Morgan fingerprint density at radius 1 is 1.21 bits per heavy atom. The fourth-order valence-corrected chi connectivity index (χ4v) is 3.60. The predicted octanol–water partition coefficient (Wildman–Crippen LogP) is 4.50. The van der Waals surface area contributed by atoms with Crippen molar-refractivity contribution < 1.29 is 19.8 Å². The first kappa shape index (κ1) is 20.9. The summed E-state index contributed by atoms with van der Waals surface area (Å²) in [7, 11) is 0. The minimum Gasteiger partial charge on any atom is -0.481 e. The van der Waals surface area contributed by atoms with Crippen LogP contribution in [0.2, 0.25) is 0 Å². The highest BCUT2D eigenvalue weighted by atomic mass is 16.4. The number of carboxylic acid groups (broad SMARTS) is 1. The zero-order valence-corrected chi connectivity index (χ0v) is 15.1. The lowest BCUT2D eigenvalue weighted by Gasteiger charge is -2.21. The van der Waals surface area contributed by atoms with E-state index in [-0.39, 0.29) is 18.3 Å². The van der Waals surface area contributed by atoms with E-state index in [0.29, 0.717) is 18.6 Å². The molecule has 24 heavy (non-hydrogen) atoms. The number of hydrogen-bond acceptors (Lipinski definition) is 3. The number of rotatable bonds is 13. The Morgan fingerprint density at radius 2 is 1.96 bits per heavy atom. The zero-order valence-electron chi connectivity index (χ0n) is 15.1. The maximum atomic E-state index is 12.1. The van der Waals surface area contributed by atoms with Gasteiger partial charge in [-0.3, -0.25) is 9.59 Å². The molecule has 3 atom stereocenters. The molecule has 0 heterocycles. The lowest BCUT2D eigenvalue weighted by atomic mass is 9.86. The van der Waals surface area contributed by atoms with E-state index in [4.69, 9.17) is 5.11 Å². The number of carboxylic acids is 1. The summed E-state index contributed by atoms with van der Waals surface area (Å²) in [5.41, 5.74) is 0. The van der Waals surface area contributed by atoms with Crippen molar-refractivity contribution in [2.45, 2.75) is 90.1 Å². The van der Waals surface area contributed by atoms with Gasteiger partial charge in [0, 0.05) is 18.8 Å². The molecule has 4 heteroatoms. The van der Waals surface area contributed by atoms with Crippen LogP contribution in [0.5, 0.6) is 0 Å². The van der Waals surface area contributed by atoms with Crippen LogP contribution >= 0.6 is 0 Å². The van der Waals surface area contributed by atoms with Crippen molar-refractivity contribution in [2.24, 2.45) is 11.8 Å². The molecular weight excluding hydrogens is 304 g/mol. The van der Waals surface area contributed by atoms with Crippen LogP contribution in [0, 0.1) is 11.8 Å². The number of Topliss-reactive ketones (excluding diaryl/α,β-unsaturated/α-hetero) is 1. The molecule has 1 saturated carbocycles. The van der Waals surface area contributed by atoms with E-state index >= 15 is 0 Å². The fraction of sp³-hybridized carbons (Fsp3) is 0.800. The normalized spacial score (nSPS) is 22.3. The molecule has 0 radical (unpaired) electrons. The molecule has 0 bridgehead atoms. The van der Waals surface area contributed by atoms with Crippen molar-refractivity contribution in [1.82, 2.24) is 0 Å². The average molecular weight is 338 g/mol. The Balaban J connectivity index is 2.30. The molecule has 0 spiro atoms. The first-order chi connectivity index (χ1) is 11.6. The summed E-state index contributed by atoms with van der Waals surface area (Å²) in [5.74, 6) is -0.391. The second-order valence-corrected chi connectivity index (χ2v) is 7.04. The quantitative estimate of drug-likeness (QED) is 0.383. The van der Waals surface area contributed by atoms with Gasteiger partial charge in [-0.15, -0.1) is 0 Å². The number of ketones is 1. The van der Waals surface area contributed by atoms with Gasteiger partial charge in [0.2, 0.25) is 0 Å². The number of hydrogen-bond donors (Lipinski definition) is 2. The maximum Gasteiger partial charge on any atom is 0.303 e. The van der Waals surface area contributed by atoms with Gasteiger partial charge in [-0.25, -0.2) is 0 Å². The number of aliphatic hydroxyl groups excluding tert-OH is 1. The van der Waals surface area contributed by atoms with Gasteiger partial charge in [-0.2, -0.15) is 0 Å². The molecule has 0 saturated heterocycles. The van der Waals surface area contributed by atoms with Crippen LogP contribution < -0.4 is 0 Å². The van der Waals surface area contributed by atoms with Crippen LogP contribution in [0.15, 0.2) is 12.2 Å². The van der Waals surface area contributed by atoms with E-state index in [1.807, 2.05) is 6.08 Å². The van der Waals surface area contributed by atoms with Crippen LogP contribution in [0.25, 0.3) is 0 Å². The van der Waals surface area contributed by atoms with E-state index in [9.17, 15) is 14.7 Å². The average Bonchev–Trinajstić information content (AvgIpc) is 2.91. The predicted molar refractivity (Wildman–Crippen MR) is 95.8 cm³/mol. The van der Waals surface area contributed by atoms with Gasteiger partial charge in [0.25, 0.3) is 0 Å². The molecule has 0 aromatic heterocycles. The molecular formula is C20H34O4. The molecule has 0 amide bonds. The summed E-state index contributed by atoms with van der Waals surface area (Å²) in [6.45, 7) is 2.18. The summed E-state index contributed by atoms with van der Waals surface area (Å²) < 4.78 is 0. The molecule has 1 aliphatic rings. The Kier molecular flexibility index (Phi) is 10.6. The lowest BCUT2D eigenvalue weighted by Crippen LogP contribution is -2.25. The fourth-order valence-electron chi connectivity index (χ4n) is 3.60. The summed E-state index contributed by atoms with van der Waals surface area (Å²) in [5, 5.41) is 19.0. The SMILES string of the molecule is CCCCC/C=C/C(O)[C@@H]1CCC(=O)[C@@H]1CCCCCCC(=O)O. The minimum absolute atomic E-state index is 0.0141. The van der Waals surface area contributed by atoms with Gasteiger partial charge in [-0.1, -0.05) is 51.2 Å². The van der Waals surface area contributed by atoms with Crippen molar-refractivity contribution in [1.29, 1.82) is 0 Å². The van der Waals surface area contributed by atoms with Crippen molar-refractivity contribution in [2.75, 3.05) is 0 Å². The summed E-state index contributed by atoms with van der Waals surface area (Å²) in [6.07, 6.45) is 14.0. The second-order valence-electron chi connectivity index (χ2n) is 7.04. The topological polar surface area (TPSA) is 74.6 Å². The summed E-state index contributed by atoms with van der Waals surface area (Å²) in [4.78, 5) is 22.6. The van der Waals surface area contributed by atoms with E-state index < -0.39 is 12.1 Å². The third kappa shape index (κ3) is 8.09. The minimum atomic E-state index is -0.741. The first-order valence-electron chi connectivity index (χ1n) is 9.65. The standard InChI is InChI=1S/C20H34O4/c1-2-3-4-5-9-12-18(21)17-14-15-19(22)16(17)11-8-6-7-10-13-20(23)24/h9,12,16-18,21H,2-8,10-11,13-15H2,1H3,(H,23,24)/b12-9+/t16-,17-,18?/m1/s1. The largest absolute Gasteiger partial charge is 0.481 e. The third-order valence-electron chi connectivity index (χ3n) is 5.06. The summed E-state index contributed by atoms with van der Waals surface area (Å²) >= 11 is 0. The molecule has 0 aromatic rings. The van der Waals surface area contributed by atoms with Crippen LogP contribution in [-0.2, 0) is 9.59 Å². The molecule has 1 unspecified atom stereocenters. The number of carbonyl (C=O) groups is 2. The third-order valence-corrected chi connectivity index (χ3v) is 5.06. The molecule has 1 rings (SSSR count). The number of allylic oxidation sites excluding steroid dienone is 1. The van der Waals surface area contributed by atoms with Gasteiger partial charge in [0.05, 0.1) is 6.10 Å². The van der Waals surface area contributed by atoms with Gasteiger partial charge < -0.3 is 10.2 Å². The van der Waals surface area contributed by atoms with E-state index in [1.54, 1.807) is 0 Å². The Hall–Kier alpha value is -1.16. The van der Waals surface area contributed by atoms with Gasteiger partial charge in [-0.05, 0) is 38.0 Å². The van der Waals surface area contributed by atoms with Crippen LogP contribution in [0.1, 0.15) is 84.0 Å². The zero-order chi connectivity index (χ0) is 17.8. The molecule has 1 aliphatic carbocycles. The van der Waals surface area contributed by atoms with Crippen molar-refractivity contribution in [3.05, 3.63) is 12.2 Å². The van der Waals surface area contributed by atoms with Gasteiger partial charge in [0.15, 0.2) is 0 Å². The lowest BCUT2D eigenvalue weighted by molar-refractivity contribution is -0.137. The monoisotopic (exact) mass is 338 g/mol. The Morgan fingerprint density at radius 3 is 2.67 bits per heavy atom. The number of unbranched alkanes of at least 4 members (excludes halogenated alkanes) is 6. The highest BCUT2D eigenvalue weighted by molar-refractivity contribution is 5.83. The summed E-state index contributed by atoms with van der Waals surface area (Å²) in [6, 6.07) is 0. The Bertz CT molecular complexity index is 402. The van der Waals surface area contributed by atoms with Crippen LogP contribution in [0.4, 0.5) is 0 Å². The number of carbonyl (C=O) groups excluding carboxylic acids is 1. The molecule has 138 valence electrons. The van der Waals surface area contributed by atoms with Crippen molar-refractivity contribution >= 4 is 11.8 Å². The van der Waals surface area contributed by atoms with E-state index in [1.165, 1.54) is 12.8 Å². The highest BCUT2D eigenvalue weighted by Gasteiger charge is 2.37. The number of aliphatic carboxylic acids is 1. The van der Waals surface area contributed by atoms with E-state index in [2.05, 4.69) is 13.0 Å². The maximum absolute atomic E-state index is 12.1.